The van der Waals surface area contributed by atoms with Crippen molar-refractivity contribution in [2.75, 3.05) is 20.3 Å². The first-order valence-electron chi connectivity index (χ1n) is 6.89. The average Bonchev–Trinajstić information content (AvgIpc) is 2.85. The van der Waals surface area contributed by atoms with Crippen LogP contribution in [-0.4, -0.2) is 55.5 Å². The number of carbonyl (C=O) groups excluding carboxylic acids is 2. The van der Waals surface area contributed by atoms with E-state index in [1.807, 2.05) is 6.92 Å². The minimum atomic E-state index is -1.19. The zero-order valence-electron chi connectivity index (χ0n) is 12.3. The summed E-state index contributed by atoms with van der Waals surface area (Å²) < 4.78 is 9.82. The lowest BCUT2D eigenvalue weighted by atomic mass is 10.0. The molecule has 21 heavy (non-hydrogen) atoms. The fourth-order valence-corrected chi connectivity index (χ4v) is 2.10. The molecular weight excluding hydrogens is 280 g/mol. The summed E-state index contributed by atoms with van der Waals surface area (Å²) in [6.07, 6.45) is 0.867. The van der Waals surface area contributed by atoms with E-state index in [9.17, 15) is 14.4 Å². The summed E-state index contributed by atoms with van der Waals surface area (Å²) >= 11 is 0. The van der Waals surface area contributed by atoms with E-state index in [0.717, 1.165) is 6.42 Å². The number of aliphatic carboxylic acids is 1. The summed E-state index contributed by atoms with van der Waals surface area (Å²) in [5.41, 5.74) is 0. The number of ether oxygens (including phenoxy) is 2. The van der Waals surface area contributed by atoms with E-state index in [-0.39, 0.29) is 24.9 Å². The van der Waals surface area contributed by atoms with Crippen molar-refractivity contribution < 1.29 is 29.0 Å². The second kappa shape index (κ2) is 8.46. The van der Waals surface area contributed by atoms with Gasteiger partial charge in [-0.05, 0) is 19.8 Å². The Morgan fingerprint density at radius 2 is 2.14 bits per heavy atom. The maximum atomic E-state index is 11.7. The average molecular weight is 302 g/mol. The highest BCUT2D eigenvalue weighted by Crippen LogP contribution is 2.19. The van der Waals surface area contributed by atoms with Gasteiger partial charge in [-0.25, -0.2) is 9.59 Å². The Morgan fingerprint density at radius 3 is 2.67 bits per heavy atom. The van der Waals surface area contributed by atoms with Crippen molar-refractivity contribution in [1.82, 2.24) is 10.6 Å². The molecule has 1 aliphatic heterocycles. The molecule has 8 heteroatoms. The molecule has 0 radical (unpaired) electrons. The second-order valence-corrected chi connectivity index (χ2v) is 4.98. The normalized spacial score (nSPS) is 22.4. The zero-order chi connectivity index (χ0) is 15.8. The number of urea groups is 1. The van der Waals surface area contributed by atoms with Crippen LogP contribution in [0.2, 0.25) is 0 Å². The van der Waals surface area contributed by atoms with E-state index >= 15 is 0 Å². The first-order chi connectivity index (χ1) is 9.93. The Bertz CT molecular complexity index is 387. The highest BCUT2D eigenvalue weighted by atomic mass is 16.5. The molecule has 1 fully saturated rings. The molecular formula is C13H22N2O6. The highest BCUT2D eigenvalue weighted by molar-refractivity contribution is 5.83. The van der Waals surface area contributed by atoms with Crippen molar-refractivity contribution in [3.05, 3.63) is 0 Å². The summed E-state index contributed by atoms with van der Waals surface area (Å²) in [5.74, 6) is -1.47. The van der Waals surface area contributed by atoms with Crippen LogP contribution in [0, 0.1) is 5.92 Å². The first kappa shape index (κ1) is 17.2. The van der Waals surface area contributed by atoms with Gasteiger partial charge in [0.1, 0.15) is 6.04 Å². The molecule has 0 aliphatic carbocycles. The summed E-state index contributed by atoms with van der Waals surface area (Å²) in [5, 5.41) is 14.0. The smallest absolute Gasteiger partial charge is 0.326 e. The first-order valence-corrected chi connectivity index (χ1v) is 6.89. The van der Waals surface area contributed by atoms with E-state index < -0.39 is 24.0 Å². The zero-order valence-corrected chi connectivity index (χ0v) is 12.3. The number of rotatable bonds is 7. The van der Waals surface area contributed by atoms with Crippen LogP contribution < -0.4 is 10.6 Å². The van der Waals surface area contributed by atoms with Crippen LogP contribution in [0.15, 0.2) is 0 Å². The molecule has 3 N–H and O–H groups in total. The fraction of sp³-hybridized carbons (Fsp3) is 0.769. The quantitative estimate of drug-likeness (QED) is 0.575. The number of hydrogen-bond acceptors (Lipinski definition) is 5. The maximum absolute atomic E-state index is 11.7. The number of nitrogens with one attached hydrogen (secondary N) is 2. The number of amides is 2. The lowest BCUT2D eigenvalue weighted by Crippen LogP contribution is -2.47. The van der Waals surface area contributed by atoms with Crippen LogP contribution >= 0.6 is 0 Å². The van der Waals surface area contributed by atoms with E-state index in [1.54, 1.807) is 0 Å². The molecule has 2 unspecified atom stereocenters. The lowest BCUT2D eigenvalue weighted by Gasteiger charge is -2.17. The molecule has 8 nitrogen and oxygen atoms in total. The number of esters is 1. The van der Waals surface area contributed by atoms with Crippen molar-refractivity contribution in [3.8, 4) is 0 Å². The predicted octanol–water partition coefficient (Wildman–Crippen LogP) is 0.117. The maximum Gasteiger partial charge on any atom is 0.326 e. The third-order valence-corrected chi connectivity index (χ3v) is 3.53. The highest BCUT2D eigenvalue weighted by Gasteiger charge is 2.25. The Hall–Kier alpha value is -1.83. The molecule has 1 saturated heterocycles. The molecule has 1 aliphatic rings. The second-order valence-electron chi connectivity index (χ2n) is 4.98. The van der Waals surface area contributed by atoms with Crippen LogP contribution in [0.4, 0.5) is 4.79 Å². The van der Waals surface area contributed by atoms with Gasteiger partial charge in [0, 0.05) is 25.5 Å². The topological polar surface area (TPSA) is 114 Å². The number of methoxy groups -OCH3 is 1. The number of carboxylic acids is 1. The Morgan fingerprint density at radius 1 is 1.43 bits per heavy atom. The Labute approximate surface area is 123 Å². The largest absolute Gasteiger partial charge is 0.480 e. The van der Waals surface area contributed by atoms with Crippen LogP contribution in [0.5, 0.6) is 0 Å². The van der Waals surface area contributed by atoms with E-state index in [4.69, 9.17) is 9.84 Å². The van der Waals surface area contributed by atoms with Gasteiger partial charge in [-0.3, -0.25) is 4.79 Å². The minimum Gasteiger partial charge on any atom is -0.480 e. The van der Waals surface area contributed by atoms with Crippen molar-refractivity contribution in [3.63, 3.8) is 0 Å². The van der Waals surface area contributed by atoms with E-state index in [1.165, 1.54) is 7.11 Å². The lowest BCUT2D eigenvalue weighted by molar-refractivity contribution is -0.142. The van der Waals surface area contributed by atoms with Gasteiger partial charge >= 0.3 is 18.0 Å². The summed E-state index contributed by atoms with van der Waals surface area (Å²) in [4.78, 5) is 33.7. The molecule has 0 spiro atoms. The van der Waals surface area contributed by atoms with E-state index in [0.29, 0.717) is 13.2 Å². The molecule has 1 heterocycles. The molecule has 120 valence electrons. The van der Waals surface area contributed by atoms with Gasteiger partial charge < -0.3 is 25.2 Å². The molecule has 0 bridgehead atoms. The minimum absolute atomic E-state index is 0.0155. The van der Waals surface area contributed by atoms with Crippen LogP contribution in [0.1, 0.15) is 26.2 Å². The molecule has 1 rings (SSSR count). The van der Waals surface area contributed by atoms with Crippen LogP contribution in [0.3, 0.4) is 0 Å². The summed E-state index contributed by atoms with van der Waals surface area (Å²) in [6.45, 7) is 3.04. The predicted molar refractivity (Wildman–Crippen MR) is 72.7 cm³/mol. The molecule has 0 aromatic rings. The number of hydrogen-bond donors (Lipinski definition) is 3. The summed E-state index contributed by atoms with van der Waals surface area (Å²) in [6, 6.07) is -1.69. The Kier molecular flexibility index (Phi) is 6.93. The van der Waals surface area contributed by atoms with Crippen molar-refractivity contribution in [1.29, 1.82) is 0 Å². The van der Waals surface area contributed by atoms with Gasteiger partial charge in [0.25, 0.3) is 0 Å². The standard InChI is InChI=1S/C13H22N2O6/c1-8-9(5-6-21-8)7-14-13(19)15-10(12(17)18)3-4-11(16)20-2/h8-10H,3-7H2,1-2H3,(H,17,18)(H2,14,15,19)/t8?,9?,10-/m1/s1. The molecule has 0 aromatic heterocycles. The number of carboxylic acid groups (broad SMARTS) is 1. The van der Waals surface area contributed by atoms with Crippen molar-refractivity contribution in [2.45, 2.75) is 38.3 Å². The SMILES string of the molecule is COC(=O)CC[C@@H](NC(=O)NCC1CCOC1C)C(=O)O. The molecule has 0 aromatic carbocycles. The van der Waals surface area contributed by atoms with Crippen molar-refractivity contribution >= 4 is 18.0 Å². The third kappa shape index (κ3) is 5.99. The van der Waals surface area contributed by atoms with Gasteiger partial charge in [-0.2, -0.15) is 0 Å². The van der Waals surface area contributed by atoms with Crippen LogP contribution in [0.25, 0.3) is 0 Å². The van der Waals surface area contributed by atoms with Crippen molar-refractivity contribution in [2.24, 2.45) is 5.92 Å². The fourth-order valence-electron chi connectivity index (χ4n) is 2.10. The van der Waals surface area contributed by atoms with Gasteiger partial charge in [-0.1, -0.05) is 0 Å². The Balaban J connectivity index is 2.34. The summed E-state index contributed by atoms with van der Waals surface area (Å²) in [7, 11) is 1.23. The van der Waals surface area contributed by atoms with Gasteiger partial charge in [0.2, 0.25) is 0 Å². The van der Waals surface area contributed by atoms with E-state index in [2.05, 4.69) is 15.4 Å². The monoisotopic (exact) mass is 302 g/mol. The molecule has 2 amide bonds. The van der Waals surface area contributed by atoms with Crippen LogP contribution in [-0.2, 0) is 19.1 Å². The molecule has 3 atom stereocenters. The van der Waals surface area contributed by atoms with Gasteiger partial charge in [-0.15, -0.1) is 0 Å². The van der Waals surface area contributed by atoms with Gasteiger partial charge in [0.15, 0.2) is 0 Å². The molecule has 0 saturated carbocycles. The van der Waals surface area contributed by atoms with Gasteiger partial charge in [0.05, 0.1) is 13.2 Å². The number of carbonyl (C=O) groups is 3. The third-order valence-electron chi connectivity index (χ3n) is 3.53.